The minimum absolute atomic E-state index is 0.332. The van der Waals surface area contributed by atoms with Crippen LogP contribution in [-0.4, -0.2) is 23.8 Å². The Morgan fingerprint density at radius 2 is 1.09 bits per heavy atom. The van der Waals surface area contributed by atoms with E-state index in [0.29, 0.717) is 7.48 Å². The van der Waals surface area contributed by atoms with Gasteiger partial charge in [0.25, 0.3) is 0 Å². The molecule has 0 atom stereocenters. The first-order valence-corrected chi connectivity index (χ1v) is 12.0. The Morgan fingerprint density at radius 3 is 1.65 bits per heavy atom. The molecule has 0 fully saturated rings. The molecule has 0 saturated carbocycles. The van der Waals surface area contributed by atoms with Crippen molar-refractivity contribution in [3.05, 3.63) is 113 Å². The quantitative estimate of drug-likeness (QED) is 0.360. The maximum atomic E-state index is 10.6. The fraction of sp³-hybridized carbons (Fsp3) is 0.226. The summed E-state index contributed by atoms with van der Waals surface area (Å²) in [6.07, 6.45) is 0. The lowest BCUT2D eigenvalue weighted by atomic mass is 9.69. The van der Waals surface area contributed by atoms with E-state index in [1.807, 2.05) is 13.8 Å². The maximum Gasteiger partial charge on any atom is 0.310 e. The molecule has 1 N–H and O–H groups in total. The summed E-state index contributed by atoms with van der Waals surface area (Å²) in [6, 6.07) is 33.1. The fourth-order valence-electron chi connectivity index (χ4n) is 5.77. The summed E-state index contributed by atoms with van der Waals surface area (Å²) in [7, 11) is 0.438. The van der Waals surface area contributed by atoms with Crippen LogP contribution in [0.1, 0.15) is 49.9 Å². The lowest BCUT2D eigenvalue weighted by Gasteiger charge is -2.37. The fourth-order valence-corrected chi connectivity index (χ4v) is 5.77. The molecule has 3 heteroatoms. The SMILES string of the molecule is CC(C)(O)C(C)(C)OBc1cccc2c1-c1ccccc1C21c2ccccc2-c2ccccc21. The van der Waals surface area contributed by atoms with E-state index in [4.69, 9.17) is 4.65 Å². The Morgan fingerprint density at radius 1 is 0.618 bits per heavy atom. The smallest absolute Gasteiger partial charge is 0.310 e. The predicted octanol–water partition coefficient (Wildman–Crippen LogP) is 5.57. The van der Waals surface area contributed by atoms with Crippen LogP contribution in [0.5, 0.6) is 0 Å². The van der Waals surface area contributed by atoms with E-state index >= 15 is 0 Å². The number of hydrogen-bond acceptors (Lipinski definition) is 2. The summed E-state index contributed by atoms with van der Waals surface area (Å²) in [6.45, 7) is 7.52. The Kier molecular flexibility index (Phi) is 4.52. The molecule has 0 bridgehead atoms. The molecule has 168 valence electrons. The second-order valence-electron chi connectivity index (χ2n) is 10.6. The van der Waals surface area contributed by atoms with Crippen molar-refractivity contribution in [1.82, 2.24) is 0 Å². The summed E-state index contributed by atoms with van der Waals surface area (Å²) >= 11 is 0. The van der Waals surface area contributed by atoms with Gasteiger partial charge in [0.2, 0.25) is 0 Å². The van der Waals surface area contributed by atoms with Gasteiger partial charge in [-0.1, -0.05) is 91.0 Å². The molecule has 0 radical (unpaired) electrons. The van der Waals surface area contributed by atoms with Gasteiger partial charge in [-0.05, 0) is 77.7 Å². The molecular weight excluding hydrogens is 415 g/mol. The Hall–Kier alpha value is -3.14. The lowest BCUT2D eigenvalue weighted by Crippen LogP contribution is -2.49. The van der Waals surface area contributed by atoms with Crippen LogP contribution in [0.15, 0.2) is 91.0 Å². The summed E-state index contributed by atoms with van der Waals surface area (Å²) in [5, 5.41) is 10.6. The molecule has 1 spiro atoms. The van der Waals surface area contributed by atoms with E-state index < -0.39 is 11.2 Å². The van der Waals surface area contributed by atoms with Crippen LogP contribution < -0.4 is 5.46 Å². The van der Waals surface area contributed by atoms with Gasteiger partial charge in [0, 0.05) is 0 Å². The van der Waals surface area contributed by atoms with Crippen LogP contribution in [-0.2, 0) is 10.1 Å². The van der Waals surface area contributed by atoms with E-state index in [9.17, 15) is 5.11 Å². The van der Waals surface area contributed by atoms with Crippen molar-refractivity contribution >= 4 is 12.9 Å². The molecule has 4 aromatic rings. The third-order valence-corrected chi connectivity index (χ3v) is 8.17. The zero-order chi connectivity index (χ0) is 23.7. The van der Waals surface area contributed by atoms with Crippen LogP contribution >= 0.6 is 0 Å². The van der Waals surface area contributed by atoms with Gasteiger partial charge in [0.1, 0.15) is 0 Å². The topological polar surface area (TPSA) is 29.5 Å². The highest BCUT2D eigenvalue weighted by atomic mass is 16.5. The minimum Gasteiger partial charge on any atom is -0.427 e. The molecule has 6 rings (SSSR count). The van der Waals surface area contributed by atoms with Crippen molar-refractivity contribution in [2.75, 3.05) is 0 Å². The van der Waals surface area contributed by atoms with Crippen LogP contribution in [0.2, 0.25) is 0 Å². The maximum absolute atomic E-state index is 10.6. The molecule has 0 aliphatic heterocycles. The van der Waals surface area contributed by atoms with Gasteiger partial charge < -0.3 is 9.76 Å². The van der Waals surface area contributed by atoms with Gasteiger partial charge in [0.05, 0.1) is 16.6 Å². The highest BCUT2D eigenvalue weighted by Crippen LogP contribution is 2.62. The monoisotopic (exact) mass is 444 g/mol. The third kappa shape index (κ3) is 2.71. The Balaban J connectivity index is 1.62. The van der Waals surface area contributed by atoms with Gasteiger partial charge in [-0.2, -0.15) is 0 Å². The van der Waals surface area contributed by atoms with Crippen molar-refractivity contribution in [2.24, 2.45) is 0 Å². The molecule has 34 heavy (non-hydrogen) atoms. The van der Waals surface area contributed by atoms with Gasteiger partial charge >= 0.3 is 7.48 Å². The Labute approximate surface area is 202 Å². The van der Waals surface area contributed by atoms with E-state index in [2.05, 4.69) is 91.0 Å². The van der Waals surface area contributed by atoms with E-state index in [-0.39, 0.29) is 5.41 Å². The predicted molar refractivity (Wildman–Crippen MR) is 141 cm³/mol. The van der Waals surface area contributed by atoms with Crippen LogP contribution in [0.4, 0.5) is 0 Å². The average Bonchev–Trinajstić information content (AvgIpc) is 3.30. The van der Waals surface area contributed by atoms with Gasteiger partial charge in [-0.3, -0.25) is 0 Å². The van der Waals surface area contributed by atoms with Crippen molar-refractivity contribution in [3.8, 4) is 22.3 Å². The molecule has 2 nitrogen and oxygen atoms in total. The largest absolute Gasteiger partial charge is 0.427 e. The number of fused-ring (bicyclic) bond motifs is 10. The molecule has 0 unspecified atom stereocenters. The molecule has 0 aromatic heterocycles. The zero-order valence-electron chi connectivity index (χ0n) is 20.2. The molecule has 0 heterocycles. The van der Waals surface area contributed by atoms with Crippen molar-refractivity contribution < 1.29 is 9.76 Å². The lowest BCUT2D eigenvalue weighted by molar-refractivity contribution is -0.0893. The number of benzene rings is 4. The number of rotatable bonds is 4. The molecule has 0 amide bonds. The highest BCUT2D eigenvalue weighted by Gasteiger charge is 2.51. The molecule has 0 saturated heterocycles. The highest BCUT2D eigenvalue weighted by molar-refractivity contribution is 6.50. The van der Waals surface area contributed by atoms with Crippen LogP contribution in [0.25, 0.3) is 22.3 Å². The zero-order valence-corrected chi connectivity index (χ0v) is 20.2. The van der Waals surface area contributed by atoms with Crippen molar-refractivity contribution in [1.29, 1.82) is 0 Å². The first-order valence-electron chi connectivity index (χ1n) is 12.0. The molecule has 4 aromatic carbocycles. The molecule has 2 aliphatic carbocycles. The number of hydrogen-bond donors (Lipinski definition) is 1. The molecular formula is C31H29BO2. The average molecular weight is 444 g/mol. The summed E-state index contributed by atoms with van der Waals surface area (Å²) in [5.74, 6) is 0. The van der Waals surface area contributed by atoms with E-state index in [0.717, 1.165) is 5.46 Å². The number of aliphatic hydroxyl groups is 1. The third-order valence-electron chi connectivity index (χ3n) is 8.17. The molecule has 2 aliphatic rings. The normalized spacial score (nSPS) is 15.0. The first-order chi connectivity index (χ1) is 16.3. The van der Waals surface area contributed by atoms with E-state index in [1.165, 1.54) is 44.5 Å². The summed E-state index contributed by atoms with van der Waals surface area (Å²) in [5.41, 5.74) is 9.67. The van der Waals surface area contributed by atoms with Crippen molar-refractivity contribution in [2.45, 2.75) is 44.3 Å². The summed E-state index contributed by atoms with van der Waals surface area (Å²) in [4.78, 5) is 0. The van der Waals surface area contributed by atoms with Crippen LogP contribution in [0, 0.1) is 0 Å². The van der Waals surface area contributed by atoms with Gasteiger partial charge in [-0.15, -0.1) is 0 Å². The second kappa shape index (κ2) is 7.18. The summed E-state index contributed by atoms with van der Waals surface area (Å²) < 4.78 is 6.36. The van der Waals surface area contributed by atoms with Gasteiger partial charge in [-0.25, -0.2) is 0 Å². The minimum atomic E-state index is -0.951. The Bertz CT molecular complexity index is 1380. The standard InChI is InChI=1S/C31H29BO2/c1-29(2,33)30(3,4)34-32-27-19-11-18-26-28(27)22-14-7-10-17-25(22)31(26)23-15-8-5-12-20(23)21-13-6-9-16-24(21)31/h5-19,32-33H,1-4H3. The van der Waals surface area contributed by atoms with Crippen LogP contribution in [0.3, 0.4) is 0 Å². The van der Waals surface area contributed by atoms with Crippen molar-refractivity contribution in [3.63, 3.8) is 0 Å². The first kappa shape index (κ1) is 21.4. The van der Waals surface area contributed by atoms with E-state index in [1.54, 1.807) is 13.8 Å². The van der Waals surface area contributed by atoms with Gasteiger partial charge in [0.15, 0.2) is 0 Å². The second-order valence-corrected chi connectivity index (χ2v) is 10.6.